The number of hydrogen-bond acceptors (Lipinski definition) is 5. The molecule has 0 unspecified atom stereocenters. The number of rotatable bonds is 8. The third-order valence-electron chi connectivity index (χ3n) is 5.02. The van der Waals surface area contributed by atoms with Gasteiger partial charge in [-0.25, -0.2) is 0 Å². The van der Waals surface area contributed by atoms with Crippen molar-refractivity contribution in [3.05, 3.63) is 34.7 Å². The van der Waals surface area contributed by atoms with Crippen LogP contribution in [-0.2, 0) is 9.59 Å². The largest absolute Gasteiger partial charge is 0.497 e. The molecule has 2 amide bonds. The molecular weight excluding hydrogens is 392 g/mol. The van der Waals surface area contributed by atoms with Crippen molar-refractivity contribution in [3.8, 4) is 5.75 Å². The third-order valence-corrected chi connectivity index (χ3v) is 6.40. The number of carbonyl (C=O) groups is 2. The van der Waals surface area contributed by atoms with Crippen molar-refractivity contribution < 1.29 is 14.3 Å². The summed E-state index contributed by atoms with van der Waals surface area (Å²) in [5.41, 5.74) is 0.946. The molecule has 2 aliphatic rings. The van der Waals surface area contributed by atoms with E-state index in [9.17, 15) is 9.59 Å². The maximum Gasteiger partial charge on any atom is 0.266 e. The van der Waals surface area contributed by atoms with Crippen LogP contribution in [0, 0.1) is 0 Å². The molecule has 0 aromatic heterocycles. The molecule has 2 fully saturated rings. The van der Waals surface area contributed by atoms with Gasteiger partial charge in [0.2, 0.25) is 5.91 Å². The highest BCUT2D eigenvalue weighted by Gasteiger charge is 2.31. The van der Waals surface area contributed by atoms with Crippen LogP contribution in [0.3, 0.4) is 0 Å². The van der Waals surface area contributed by atoms with Crippen LogP contribution in [0.4, 0.5) is 0 Å². The number of likely N-dealkylation sites (tertiary alicyclic amines) is 1. The van der Waals surface area contributed by atoms with Gasteiger partial charge in [0.15, 0.2) is 0 Å². The highest BCUT2D eigenvalue weighted by atomic mass is 32.2. The van der Waals surface area contributed by atoms with Crippen LogP contribution in [-0.4, -0.2) is 52.7 Å². The molecule has 0 radical (unpaired) electrons. The minimum absolute atomic E-state index is 0.0287. The van der Waals surface area contributed by atoms with E-state index in [1.807, 2.05) is 35.2 Å². The Morgan fingerprint density at radius 1 is 1.18 bits per heavy atom. The summed E-state index contributed by atoms with van der Waals surface area (Å²) in [6.45, 7) is 2.44. The monoisotopic (exact) mass is 418 g/mol. The molecule has 1 aromatic rings. The first-order valence-corrected chi connectivity index (χ1v) is 11.0. The van der Waals surface area contributed by atoms with Crippen molar-refractivity contribution >= 4 is 46.2 Å². The molecule has 2 saturated heterocycles. The van der Waals surface area contributed by atoms with E-state index in [-0.39, 0.29) is 11.8 Å². The molecule has 3 rings (SSSR count). The Morgan fingerprint density at radius 2 is 1.89 bits per heavy atom. The van der Waals surface area contributed by atoms with Crippen molar-refractivity contribution in [2.24, 2.45) is 0 Å². The fraction of sp³-hybridized carbons (Fsp3) is 0.476. The Bertz CT molecular complexity index is 755. The van der Waals surface area contributed by atoms with Crippen LogP contribution in [0.5, 0.6) is 5.75 Å². The first kappa shape index (κ1) is 20.9. The molecule has 2 aliphatic heterocycles. The molecule has 7 heteroatoms. The Hall–Kier alpha value is -1.86. The third kappa shape index (κ3) is 5.35. The molecule has 0 saturated carbocycles. The van der Waals surface area contributed by atoms with Gasteiger partial charge in [-0.15, -0.1) is 0 Å². The highest BCUT2D eigenvalue weighted by Crippen LogP contribution is 2.33. The molecule has 0 spiro atoms. The van der Waals surface area contributed by atoms with Crippen molar-refractivity contribution in [1.82, 2.24) is 9.80 Å². The van der Waals surface area contributed by atoms with Gasteiger partial charge in [0.25, 0.3) is 5.91 Å². The number of thioether (sulfide) groups is 1. The molecule has 5 nitrogen and oxygen atoms in total. The van der Waals surface area contributed by atoms with Crippen LogP contribution in [0.15, 0.2) is 29.2 Å². The maximum atomic E-state index is 12.7. The Balaban J connectivity index is 1.44. The number of methoxy groups -OCH3 is 1. The van der Waals surface area contributed by atoms with Crippen LogP contribution < -0.4 is 4.74 Å². The summed E-state index contributed by atoms with van der Waals surface area (Å²) in [6.07, 6.45) is 7.38. The summed E-state index contributed by atoms with van der Waals surface area (Å²) in [6, 6.07) is 7.58. The SMILES string of the molecule is COc1ccc(/C=C2\SC(=S)N(CCCCCC(=O)N3CCCC3)C2=O)cc1. The Labute approximate surface area is 176 Å². The molecule has 2 heterocycles. The second-order valence-corrected chi connectivity index (χ2v) is 8.68. The standard InChI is InChI=1S/C21H26N2O3S2/c1-26-17-10-8-16(9-11-17)15-18-20(25)23(21(27)28-18)14-4-2-3-7-19(24)22-12-5-6-13-22/h8-11,15H,2-7,12-14H2,1H3/b18-15-. The summed E-state index contributed by atoms with van der Waals surface area (Å²) < 4.78 is 5.77. The van der Waals surface area contributed by atoms with Gasteiger partial charge < -0.3 is 9.64 Å². The lowest BCUT2D eigenvalue weighted by Gasteiger charge is -2.16. The number of hydrogen-bond donors (Lipinski definition) is 0. The zero-order chi connectivity index (χ0) is 19.9. The average Bonchev–Trinajstić information content (AvgIpc) is 3.32. The average molecular weight is 419 g/mol. The fourth-order valence-corrected chi connectivity index (χ4v) is 4.70. The van der Waals surface area contributed by atoms with Gasteiger partial charge in [0.1, 0.15) is 10.1 Å². The first-order chi connectivity index (χ1) is 13.6. The van der Waals surface area contributed by atoms with Gasteiger partial charge in [0.05, 0.1) is 12.0 Å². The van der Waals surface area contributed by atoms with E-state index in [0.717, 1.165) is 56.5 Å². The minimum atomic E-state index is -0.0287. The van der Waals surface area contributed by atoms with E-state index in [2.05, 4.69) is 0 Å². The Morgan fingerprint density at radius 3 is 2.57 bits per heavy atom. The first-order valence-electron chi connectivity index (χ1n) is 9.75. The predicted molar refractivity (Wildman–Crippen MR) is 117 cm³/mol. The fourth-order valence-electron chi connectivity index (χ4n) is 3.39. The van der Waals surface area contributed by atoms with Crippen LogP contribution in [0.1, 0.15) is 44.1 Å². The number of carbonyl (C=O) groups excluding carboxylic acids is 2. The zero-order valence-corrected chi connectivity index (χ0v) is 17.8. The number of thiocarbonyl (C=S) groups is 1. The van der Waals surface area contributed by atoms with Gasteiger partial charge in [-0.05, 0) is 49.5 Å². The van der Waals surface area contributed by atoms with Crippen molar-refractivity contribution in [2.45, 2.75) is 38.5 Å². The number of unbranched alkanes of at least 4 members (excludes halogenated alkanes) is 2. The van der Waals surface area contributed by atoms with Crippen molar-refractivity contribution in [1.29, 1.82) is 0 Å². The molecule has 0 atom stereocenters. The molecule has 0 bridgehead atoms. The smallest absolute Gasteiger partial charge is 0.266 e. The predicted octanol–water partition coefficient (Wildman–Crippen LogP) is 4.08. The van der Waals surface area contributed by atoms with Crippen LogP contribution >= 0.6 is 24.0 Å². The van der Waals surface area contributed by atoms with E-state index in [0.29, 0.717) is 22.2 Å². The van der Waals surface area contributed by atoms with Crippen molar-refractivity contribution in [3.63, 3.8) is 0 Å². The molecule has 28 heavy (non-hydrogen) atoms. The lowest BCUT2D eigenvalue weighted by molar-refractivity contribution is -0.130. The second kappa shape index (κ2) is 10.1. The maximum absolute atomic E-state index is 12.7. The number of ether oxygens (including phenoxy) is 1. The quantitative estimate of drug-likeness (QED) is 0.362. The molecular formula is C21H26N2O3S2. The van der Waals surface area contributed by atoms with Gasteiger partial charge in [-0.2, -0.15) is 0 Å². The van der Waals surface area contributed by atoms with E-state index in [4.69, 9.17) is 17.0 Å². The van der Waals surface area contributed by atoms with Gasteiger partial charge >= 0.3 is 0 Å². The Kier molecular flexibility index (Phi) is 7.50. The van der Waals surface area contributed by atoms with E-state index in [1.54, 1.807) is 12.0 Å². The number of nitrogens with zero attached hydrogens (tertiary/aromatic N) is 2. The normalized spacial score (nSPS) is 18.4. The summed E-state index contributed by atoms with van der Waals surface area (Å²) in [5.74, 6) is 1.03. The van der Waals surface area contributed by atoms with Gasteiger partial charge in [0, 0.05) is 26.1 Å². The molecule has 0 aliphatic carbocycles. The molecule has 150 valence electrons. The minimum Gasteiger partial charge on any atom is -0.497 e. The summed E-state index contributed by atoms with van der Waals surface area (Å²) in [5, 5.41) is 0. The molecule has 0 N–H and O–H groups in total. The topological polar surface area (TPSA) is 49.9 Å². The zero-order valence-electron chi connectivity index (χ0n) is 16.2. The van der Waals surface area contributed by atoms with Crippen molar-refractivity contribution in [2.75, 3.05) is 26.7 Å². The van der Waals surface area contributed by atoms with Gasteiger partial charge in [-0.1, -0.05) is 42.5 Å². The van der Waals surface area contributed by atoms with E-state index < -0.39 is 0 Å². The van der Waals surface area contributed by atoms with E-state index in [1.165, 1.54) is 11.8 Å². The summed E-state index contributed by atoms with van der Waals surface area (Å²) in [4.78, 5) is 29.0. The lowest BCUT2D eigenvalue weighted by atomic mass is 10.1. The highest BCUT2D eigenvalue weighted by molar-refractivity contribution is 8.26. The number of amides is 2. The summed E-state index contributed by atoms with van der Waals surface area (Å²) >= 11 is 6.74. The molecule has 1 aromatic carbocycles. The number of benzene rings is 1. The summed E-state index contributed by atoms with van der Waals surface area (Å²) in [7, 11) is 1.63. The second-order valence-electron chi connectivity index (χ2n) is 7.01. The van der Waals surface area contributed by atoms with Crippen LogP contribution in [0.2, 0.25) is 0 Å². The van der Waals surface area contributed by atoms with Gasteiger partial charge in [-0.3, -0.25) is 14.5 Å². The van der Waals surface area contributed by atoms with E-state index >= 15 is 0 Å². The van der Waals surface area contributed by atoms with Crippen LogP contribution in [0.25, 0.3) is 6.08 Å². The lowest BCUT2D eigenvalue weighted by Crippen LogP contribution is -2.29.